The van der Waals surface area contributed by atoms with E-state index in [1.807, 2.05) is 0 Å². The maximum absolute atomic E-state index is 11.0. The van der Waals surface area contributed by atoms with Crippen LogP contribution >= 0.6 is 0 Å². The molecule has 0 aliphatic rings. The van der Waals surface area contributed by atoms with Gasteiger partial charge in [-0.05, 0) is 44.4 Å². The molecule has 4 heteroatoms. The molecule has 3 nitrogen and oxygen atoms in total. The molecule has 20 heavy (non-hydrogen) atoms. The quantitative estimate of drug-likeness (QED) is 0.417. The second-order valence-corrected chi connectivity index (χ2v) is 6.79. The number of hydrogen-bond donors (Lipinski definition) is 1. The summed E-state index contributed by atoms with van der Waals surface area (Å²) in [7, 11) is -3.87. The monoisotopic (exact) mass is 302 g/mol. The van der Waals surface area contributed by atoms with E-state index in [0.717, 1.165) is 51.4 Å². The van der Waals surface area contributed by atoms with Crippen molar-refractivity contribution in [2.45, 2.75) is 65.2 Å². The third kappa shape index (κ3) is 13.8. The highest BCUT2D eigenvalue weighted by Gasteiger charge is 2.15. The van der Waals surface area contributed by atoms with Crippen molar-refractivity contribution in [3.05, 3.63) is 24.3 Å². The molecular formula is C16H30O3S. The summed E-state index contributed by atoms with van der Waals surface area (Å²) in [5.74, 6) is -0.0708. The largest absolute Gasteiger partial charge is 0.286 e. The summed E-state index contributed by atoms with van der Waals surface area (Å²) in [6.07, 6.45) is 16.4. The molecule has 0 radical (unpaired) electrons. The Bertz CT molecular complexity index is 349. The van der Waals surface area contributed by atoms with E-state index in [0.29, 0.717) is 0 Å². The van der Waals surface area contributed by atoms with Gasteiger partial charge in [0.1, 0.15) is 0 Å². The van der Waals surface area contributed by atoms with Gasteiger partial charge in [0.2, 0.25) is 0 Å². The van der Waals surface area contributed by atoms with Crippen molar-refractivity contribution >= 4 is 10.1 Å². The molecule has 0 fully saturated rings. The first-order chi connectivity index (χ1) is 9.49. The van der Waals surface area contributed by atoms with Crippen molar-refractivity contribution in [1.82, 2.24) is 0 Å². The van der Waals surface area contributed by atoms with E-state index in [2.05, 4.69) is 38.2 Å². The van der Waals surface area contributed by atoms with Gasteiger partial charge in [0.15, 0.2) is 0 Å². The van der Waals surface area contributed by atoms with Gasteiger partial charge < -0.3 is 0 Å². The lowest BCUT2D eigenvalue weighted by atomic mass is 9.99. The summed E-state index contributed by atoms with van der Waals surface area (Å²) in [6, 6.07) is 0. The van der Waals surface area contributed by atoms with Crippen LogP contribution in [0, 0.1) is 5.92 Å². The molecule has 0 saturated carbocycles. The molecule has 0 unspecified atom stereocenters. The molecule has 0 aromatic rings. The van der Waals surface area contributed by atoms with Gasteiger partial charge in [0, 0.05) is 0 Å². The van der Waals surface area contributed by atoms with E-state index in [1.165, 1.54) is 0 Å². The summed E-state index contributed by atoms with van der Waals surface area (Å²) in [5, 5.41) is 0. The van der Waals surface area contributed by atoms with Crippen LogP contribution < -0.4 is 0 Å². The van der Waals surface area contributed by atoms with Gasteiger partial charge in [-0.15, -0.1) is 0 Å². The van der Waals surface area contributed by atoms with Crippen LogP contribution in [0.4, 0.5) is 0 Å². The second kappa shape index (κ2) is 12.2. The molecule has 0 saturated heterocycles. The zero-order valence-electron chi connectivity index (χ0n) is 12.9. The van der Waals surface area contributed by atoms with Gasteiger partial charge in [0.25, 0.3) is 10.1 Å². The van der Waals surface area contributed by atoms with E-state index >= 15 is 0 Å². The molecule has 0 aliphatic carbocycles. The molecule has 118 valence electrons. The van der Waals surface area contributed by atoms with Crippen LogP contribution in [0.5, 0.6) is 0 Å². The van der Waals surface area contributed by atoms with Crippen molar-refractivity contribution < 1.29 is 13.0 Å². The highest BCUT2D eigenvalue weighted by atomic mass is 32.2. The van der Waals surface area contributed by atoms with Crippen molar-refractivity contribution in [1.29, 1.82) is 0 Å². The predicted molar refractivity (Wildman–Crippen MR) is 86.5 cm³/mol. The molecular weight excluding hydrogens is 272 g/mol. The topological polar surface area (TPSA) is 54.4 Å². The smallest absolute Gasteiger partial charge is 0.265 e. The average Bonchev–Trinajstić information content (AvgIpc) is 2.36. The Morgan fingerprint density at radius 3 is 1.60 bits per heavy atom. The minimum Gasteiger partial charge on any atom is -0.286 e. The van der Waals surface area contributed by atoms with Crippen LogP contribution in [0.1, 0.15) is 65.2 Å². The Hall–Kier alpha value is -0.610. The molecule has 0 aromatic carbocycles. The Kier molecular flexibility index (Phi) is 11.8. The van der Waals surface area contributed by atoms with Crippen molar-refractivity contribution in [2.75, 3.05) is 5.75 Å². The highest BCUT2D eigenvalue weighted by molar-refractivity contribution is 7.85. The fourth-order valence-corrected chi connectivity index (χ4v) is 3.01. The summed E-state index contributed by atoms with van der Waals surface area (Å²) in [5.41, 5.74) is 0. The molecule has 0 rings (SSSR count). The van der Waals surface area contributed by atoms with Crippen LogP contribution in [-0.2, 0) is 10.1 Å². The maximum Gasteiger partial charge on any atom is 0.265 e. The second-order valence-electron chi connectivity index (χ2n) is 5.29. The van der Waals surface area contributed by atoms with E-state index in [-0.39, 0.29) is 11.7 Å². The fraction of sp³-hybridized carbons (Fsp3) is 0.750. The average molecular weight is 302 g/mol. The van der Waals surface area contributed by atoms with Crippen LogP contribution in [0.25, 0.3) is 0 Å². The van der Waals surface area contributed by atoms with Gasteiger partial charge in [-0.2, -0.15) is 8.42 Å². The minimum atomic E-state index is -3.87. The molecule has 0 atom stereocenters. The molecule has 0 aromatic heterocycles. The van der Waals surface area contributed by atoms with E-state index in [9.17, 15) is 8.42 Å². The first-order valence-corrected chi connectivity index (χ1v) is 9.35. The summed E-state index contributed by atoms with van der Waals surface area (Å²) >= 11 is 0. The van der Waals surface area contributed by atoms with Crippen LogP contribution in [0.2, 0.25) is 0 Å². The van der Waals surface area contributed by atoms with Crippen molar-refractivity contribution in [3.8, 4) is 0 Å². The Morgan fingerprint density at radius 1 is 0.850 bits per heavy atom. The third-order valence-corrected chi connectivity index (χ3v) is 4.07. The lowest BCUT2D eigenvalue weighted by Crippen LogP contribution is -2.15. The number of allylic oxidation sites excluding steroid dienone is 4. The van der Waals surface area contributed by atoms with Crippen LogP contribution in [0.3, 0.4) is 0 Å². The number of unbranched alkanes of at least 4 members (excludes halogenated alkanes) is 2. The van der Waals surface area contributed by atoms with Crippen LogP contribution in [0.15, 0.2) is 24.3 Å². The molecule has 0 heterocycles. The summed E-state index contributed by atoms with van der Waals surface area (Å²) in [4.78, 5) is 0. The van der Waals surface area contributed by atoms with Gasteiger partial charge in [-0.25, -0.2) is 0 Å². The van der Waals surface area contributed by atoms with Gasteiger partial charge >= 0.3 is 0 Å². The van der Waals surface area contributed by atoms with Gasteiger partial charge in [-0.1, -0.05) is 51.0 Å². The zero-order chi connectivity index (χ0) is 15.3. The summed E-state index contributed by atoms with van der Waals surface area (Å²) in [6.45, 7) is 4.27. The van der Waals surface area contributed by atoms with Gasteiger partial charge in [-0.3, -0.25) is 4.55 Å². The fourth-order valence-electron chi connectivity index (χ4n) is 2.08. The van der Waals surface area contributed by atoms with Crippen molar-refractivity contribution in [3.63, 3.8) is 0 Å². The molecule has 0 amide bonds. The third-order valence-electron chi connectivity index (χ3n) is 3.17. The molecule has 0 bridgehead atoms. The first kappa shape index (κ1) is 19.4. The minimum absolute atomic E-state index is 0.0440. The molecule has 0 aliphatic heterocycles. The zero-order valence-corrected chi connectivity index (χ0v) is 13.7. The molecule has 1 N–H and O–H groups in total. The number of hydrogen-bond acceptors (Lipinski definition) is 2. The molecule has 0 spiro atoms. The Labute approximate surface area is 124 Å². The lowest BCUT2D eigenvalue weighted by molar-refractivity contribution is 0.443. The van der Waals surface area contributed by atoms with Gasteiger partial charge in [0.05, 0.1) is 5.75 Å². The van der Waals surface area contributed by atoms with E-state index < -0.39 is 10.1 Å². The van der Waals surface area contributed by atoms with Crippen LogP contribution in [-0.4, -0.2) is 18.7 Å². The summed E-state index contributed by atoms with van der Waals surface area (Å²) < 4.78 is 31.1. The van der Waals surface area contributed by atoms with E-state index in [1.54, 1.807) is 0 Å². The first-order valence-electron chi connectivity index (χ1n) is 7.74. The number of rotatable bonds is 12. The standard InChI is InChI=1S/C16H30O3S/c1-3-5-7-9-11-13-16(15-20(17,18)19)14-12-10-8-6-4-2/h7-10,16H,3-6,11-15H2,1-2H3,(H,17,18,19). The predicted octanol–water partition coefficient (Wildman–Crippen LogP) is 4.76. The van der Waals surface area contributed by atoms with Crippen molar-refractivity contribution in [2.24, 2.45) is 5.92 Å². The SMILES string of the molecule is CCCC=CCCC(CCC=CCCC)CS(=O)(=O)O. The Balaban J connectivity index is 4.13. The Morgan fingerprint density at radius 2 is 1.25 bits per heavy atom. The normalized spacial score (nSPS) is 14.3. The van der Waals surface area contributed by atoms with E-state index in [4.69, 9.17) is 4.55 Å². The highest BCUT2D eigenvalue weighted by Crippen LogP contribution is 2.17. The maximum atomic E-state index is 11.0. The lowest BCUT2D eigenvalue weighted by Gasteiger charge is -2.13.